The molecule has 4 aromatic rings. The number of benzene rings is 3. The summed E-state index contributed by atoms with van der Waals surface area (Å²) < 4.78 is 10.3. The molecule has 0 saturated carbocycles. The molecule has 1 heterocycles. The predicted molar refractivity (Wildman–Crippen MR) is 143 cm³/mol. The average molecular weight is 531 g/mol. The van der Waals surface area contributed by atoms with Gasteiger partial charge in [-0.2, -0.15) is 20.1 Å². The summed E-state index contributed by atoms with van der Waals surface area (Å²) in [6.45, 7) is 0. The third kappa shape index (κ3) is 6.67. The number of anilines is 5. The Bertz CT molecular complexity index is 1510. The van der Waals surface area contributed by atoms with Gasteiger partial charge in [0.05, 0.1) is 30.3 Å². The molecular weight excluding hydrogens is 510 g/mol. The number of hydrogen-bond donors (Lipinski definition) is 3. The van der Waals surface area contributed by atoms with Crippen molar-refractivity contribution in [3.63, 3.8) is 0 Å². The van der Waals surface area contributed by atoms with Crippen LogP contribution in [0.1, 0.15) is 5.56 Å². The number of non-ortho nitro benzene ring substituents is 1. The van der Waals surface area contributed by atoms with Gasteiger partial charge in [0.25, 0.3) is 5.69 Å². The molecule has 0 bridgehead atoms. The van der Waals surface area contributed by atoms with Crippen LogP contribution in [0.3, 0.4) is 0 Å². The van der Waals surface area contributed by atoms with Crippen LogP contribution in [-0.2, 0) is 0 Å². The second-order valence-electron chi connectivity index (χ2n) is 7.62. The molecule has 1 aromatic heterocycles. The van der Waals surface area contributed by atoms with E-state index in [9.17, 15) is 20.2 Å². The minimum atomic E-state index is -0.553. The number of rotatable bonds is 11. The number of hydrazone groups is 1. The predicted octanol–water partition coefficient (Wildman–Crippen LogP) is 4.64. The molecule has 15 nitrogen and oxygen atoms in total. The number of methoxy groups -OCH3 is 2. The standard InChI is InChI=1S/C24H21N9O6/c1-38-19-12-8-17(9-13-19)27-23-28-22(26-16-6-10-18(11-7-16)32(34)35)29-24(30-23)31-25-14-15-4-3-5-20(33(36)37)21(15)39-2/h3-14H,1-2H3,(H3,26,27,28,29,30,31). The number of nitro benzene ring substituents is 2. The van der Waals surface area contributed by atoms with Crippen molar-refractivity contribution in [1.82, 2.24) is 15.0 Å². The molecule has 15 heteroatoms. The molecule has 0 aliphatic carbocycles. The van der Waals surface area contributed by atoms with Crippen LogP contribution >= 0.6 is 0 Å². The van der Waals surface area contributed by atoms with Gasteiger partial charge in [0, 0.05) is 35.1 Å². The maximum Gasteiger partial charge on any atom is 0.311 e. The first-order valence-corrected chi connectivity index (χ1v) is 11.2. The lowest BCUT2D eigenvalue weighted by molar-refractivity contribution is -0.385. The molecule has 0 unspecified atom stereocenters. The largest absolute Gasteiger partial charge is 0.497 e. The van der Waals surface area contributed by atoms with E-state index >= 15 is 0 Å². The van der Waals surface area contributed by atoms with E-state index in [1.54, 1.807) is 37.4 Å². The fourth-order valence-electron chi connectivity index (χ4n) is 3.31. The van der Waals surface area contributed by atoms with E-state index in [1.807, 2.05) is 0 Å². The zero-order chi connectivity index (χ0) is 27.8. The highest BCUT2D eigenvalue weighted by molar-refractivity contribution is 5.86. The topological polar surface area (TPSA) is 192 Å². The molecule has 0 amide bonds. The summed E-state index contributed by atoms with van der Waals surface area (Å²) in [6, 6.07) is 17.2. The van der Waals surface area contributed by atoms with Crippen molar-refractivity contribution in [3.8, 4) is 11.5 Å². The lowest BCUT2D eigenvalue weighted by Crippen LogP contribution is -2.07. The van der Waals surface area contributed by atoms with Gasteiger partial charge in [-0.1, -0.05) is 6.07 Å². The van der Waals surface area contributed by atoms with Gasteiger partial charge in [-0.15, -0.1) is 0 Å². The second-order valence-corrected chi connectivity index (χ2v) is 7.62. The van der Waals surface area contributed by atoms with Gasteiger partial charge in [-0.3, -0.25) is 20.2 Å². The molecule has 0 atom stereocenters. The van der Waals surface area contributed by atoms with Crippen molar-refractivity contribution in [1.29, 1.82) is 0 Å². The second kappa shape index (κ2) is 11.9. The number of nitro groups is 2. The van der Waals surface area contributed by atoms with Crippen molar-refractivity contribution < 1.29 is 19.3 Å². The number of aromatic nitrogens is 3. The molecule has 0 aliphatic rings. The molecule has 0 saturated heterocycles. The highest BCUT2D eigenvalue weighted by Crippen LogP contribution is 2.29. The van der Waals surface area contributed by atoms with Crippen LogP contribution in [0, 0.1) is 20.2 Å². The van der Waals surface area contributed by atoms with Crippen LogP contribution in [0.5, 0.6) is 11.5 Å². The van der Waals surface area contributed by atoms with Gasteiger partial charge in [0.2, 0.25) is 23.6 Å². The van der Waals surface area contributed by atoms with Crippen LogP contribution in [0.4, 0.5) is 40.6 Å². The first kappa shape index (κ1) is 26.2. The summed E-state index contributed by atoms with van der Waals surface area (Å²) in [6.07, 6.45) is 1.33. The fourth-order valence-corrected chi connectivity index (χ4v) is 3.31. The molecule has 3 aromatic carbocycles. The maximum atomic E-state index is 11.3. The number of ether oxygens (including phenoxy) is 2. The lowest BCUT2D eigenvalue weighted by atomic mass is 10.2. The molecule has 0 fully saturated rings. The van der Waals surface area contributed by atoms with Crippen molar-refractivity contribution in [3.05, 3.63) is 92.5 Å². The summed E-state index contributed by atoms with van der Waals surface area (Å²) in [7, 11) is 2.89. The summed E-state index contributed by atoms with van der Waals surface area (Å²) >= 11 is 0. The highest BCUT2D eigenvalue weighted by atomic mass is 16.6. The van der Waals surface area contributed by atoms with Gasteiger partial charge in [0.1, 0.15) is 5.75 Å². The van der Waals surface area contributed by atoms with Crippen LogP contribution in [-0.4, -0.2) is 45.2 Å². The van der Waals surface area contributed by atoms with E-state index in [0.717, 1.165) is 0 Å². The van der Waals surface area contributed by atoms with Gasteiger partial charge >= 0.3 is 5.69 Å². The summed E-state index contributed by atoms with van der Waals surface area (Å²) in [4.78, 5) is 34.1. The van der Waals surface area contributed by atoms with E-state index in [-0.39, 0.29) is 35.0 Å². The molecule has 0 aliphatic heterocycles. The quantitative estimate of drug-likeness (QED) is 0.138. The molecule has 39 heavy (non-hydrogen) atoms. The Labute approximate surface area is 220 Å². The van der Waals surface area contributed by atoms with Crippen molar-refractivity contribution >= 4 is 46.8 Å². The fraction of sp³-hybridized carbons (Fsp3) is 0.0833. The van der Waals surface area contributed by atoms with Crippen molar-refractivity contribution in [2.75, 3.05) is 30.3 Å². The smallest absolute Gasteiger partial charge is 0.311 e. The number of para-hydroxylation sites is 1. The molecule has 0 spiro atoms. The minimum Gasteiger partial charge on any atom is -0.497 e. The highest BCUT2D eigenvalue weighted by Gasteiger charge is 2.17. The maximum absolute atomic E-state index is 11.3. The number of nitrogens with one attached hydrogen (secondary N) is 3. The zero-order valence-electron chi connectivity index (χ0n) is 20.6. The summed E-state index contributed by atoms with van der Waals surface area (Å²) in [5, 5.41) is 32.3. The normalized spacial score (nSPS) is 10.6. The van der Waals surface area contributed by atoms with Crippen LogP contribution in [0.2, 0.25) is 0 Å². The van der Waals surface area contributed by atoms with Crippen molar-refractivity contribution in [2.45, 2.75) is 0 Å². The van der Waals surface area contributed by atoms with E-state index < -0.39 is 9.85 Å². The third-order valence-electron chi connectivity index (χ3n) is 5.11. The Kier molecular flexibility index (Phi) is 8.01. The average Bonchev–Trinajstić information content (AvgIpc) is 2.93. The first-order valence-electron chi connectivity index (χ1n) is 11.2. The summed E-state index contributed by atoms with van der Waals surface area (Å²) in [5.74, 6) is 1.02. The van der Waals surface area contributed by atoms with Crippen LogP contribution < -0.4 is 25.5 Å². The number of hydrogen-bond acceptors (Lipinski definition) is 13. The van der Waals surface area contributed by atoms with E-state index in [2.05, 4.69) is 36.1 Å². The van der Waals surface area contributed by atoms with Gasteiger partial charge < -0.3 is 20.1 Å². The molecule has 0 radical (unpaired) electrons. The monoisotopic (exact) mass is 531 g/mol. The Balaban J connectivity index is 1.61. The van der Waals surface area contributed by atoms with E-state index in [4.69, 9.17) is 9.47 Å². The van der Waals surface area contributed by atoms with Gasteiger partial charge in [0.15, 0.2) is 0 Å². The van der Waals surface area contributed by atoms with E-state index in [1.165, 1.54) is 49.7 Å². The number of nitrogens with zero attached hydrogens (tertiary/aromatic N) is 6. The lowest BCUT2D eigenvalue weighted by Gasteiger charge is -2.10. The first-order chi connectivity index (χ1) is 18.9. The summed E-state index contributed by atoms with van der Waals surface area (Å²) in [5.41, 5.74) is 3.93. The molecule has 3 N–H and O–H groups in total. The van der Waals surface area contributed by atoms with Gasteiger partial charge in [-0.25, -0.2) is 5.43 Å². The Hall–Kier alpha value is -5.86. The Morgan fingerprint density at radius 3 is 1.90 bits per heavy atom. The van der Waals surface area contributed by atoms with E-state index in [0.29, 0.717) is 22.7 Å². The third-order valence-corrected chi connectivity index (χ3v) is 5.11. The molecule has 198 valence electrons. The Morgan fingerprint density at radius 2 is 1.36 bits per heavy atom. The Morgan fingerprint density at radius 1 is 0.769 bits per heavy atom. The zero-order valence-corrected chi connectivity index (χ0v) is 20.6. The SMILES string of the molecule is COc1ccc(Nc2nc(NN=Cc3cccc([N+](=O)[O-])c3OC)nc(Nc3ccc([N+](=O)[O-])cc3)n2)cc1. The molecular formula is C24H21N9O6. The van der Waals surface area contributed by atoms with Crippen molar-refractivity contribution in [2.24, 2.45) is 5.10 Å². The van der Waals surface area contributed by atoms with Crippen LogP contribution in [0.25, 0.3) is 0 Å². The minimum absolute atomic E-state index is 0.0334. The van der Waals surface area contributed by atoms with Gasteiger partial charge in [-0.05, 0) is 42.5 Å². The molecule has 4 rings (SSSR count). The van der Waals surface area contributed by atoms with Crippen LogP contribution in [0.15, 0.2) is 71.8 Å².